The summed E-state index contributed by atoms with van der Waals surface area (Å²) in [6, 6.07) is 17.1. The maximum Gasteiger partial charge on any atom is 0.281 e. The normalized spacial score (nSPS) is 16.9. The summed E-state index contributed by atoms with van der Waals surface area (Å²) in [5.74, 6) is 0.321. The molecular formula is C22H29N3O4S. The van der Waals surface area contributed by atoms with E-state index in [1.165, 1.54) is 8.61 Å². The lowest BCUT2D eigenvalue weighted by Gasteiger charge is -2.42. The van der Waals surface area contributed by atoms with Crippen molar-refractivity contribution < 1.29 is 17.9 Å². The van der Waals surface area contributed by atoms with Crippen LogP contribution in [0.1, 0.15) is 28.8 Å². The Morgan fingerprint density at radius 1 is 1.07 bits per heavy atom. The average Bonchev–Trinajstić information content (AvgIpc) is 2.78. The molecule has 30 heavy (non-hydrogen) atoms. The number of nitrogens with one attached hydrogen (secondary N) is 1. The maximum atomic E-state index is 12.8. The highest BCUT2D eigenvalue weighted by Crippen LogP contribution is 2.36. The highest BCUT2D eigenvalue weighted by Gasteiger charge is 2.40. The summed E-state index contributed by atoms with van der Waals surface area (Å²) in [6.07, 6.45) is 1.24. The molecule has 0 bridgehead atoms. The summed E-state index contributed by atoms with van der Waals surface area (Å²) in [5.41, 5.74) is 1.25. The van der Waals surface area contributed by atoms with Gasteiger partial charge in [-0.15, -0.1) is 0 Å². The molecule has 0 spiro atoms. The number of amides is 1. The molecule has 0 aliphatic carbocycles. The number of piperidine rings is 1. The molecule has 1 saturated heterocycles. The largest absolute Gasteiger partial charge is 0.496 e. The molecule has 1 heterocycles. The smallest absolute Gasteiger partial charge is 0.281 e. The molecule has 0 aromatic heterocycles. The van der Waals surface area contributed by atoms with Crippen LogP contribution in [-0.2, 0) is 15.6 Å². The zero-order valence-electron chi connectivity index (χ0n) is 17.7. The van der Waals surface area contributed by atoms with E-state index < -0.39 is 10.2 Å². The van der Waals surface area contributed by atoms with Gasteiger partial charge in [0.05, 0.1) is 12.7 Å². The van der Waals surface area contributed by atoms with Crippen LogP contribution in [0.3, 0.4) is 0 Å². The Balaban J connectivity index is 1.81. The number of rotatable bonds is 7. The van der Waals surface area contributed by atoms with E-state index in [1.807, 2.05) is 36.4 Å². The Labute approximate surface area is 178 Å². The number of para-hydroxylation sites is 1. The molecule has 0 atom stereocenters. The maximum absolute atomic E-state index is 12.8. The molecule has 2 aromatic carbocycles. The molecule has 0 unspecified atom stereocenters. The van der Waals surface area contributed by atoms with Crippen LogP contribution in [0.25, 0.3) is 0 Å². The summed E-state index contributed by atoms with van der Waals surface area (Å²) in [4.78, 5) is 12.8. The molecule has 1 N–H and O–H groups in total. The van der Waals surface area contributed by atoms with Crippen molar-refractivity contribution in [3.05, 3.63) is 65.7 Å². The molecule has 1 aliphatic rings. The minimum atomic E-state index is -3.45. The van der Waals surface area contributed by atoms with Crippen LogP contribution in [0.5, 0.6) is 5.75 Å². The van der Waals surface area contributed by atoms with Crippen molar-refractivity contribution in [2.24, 2.45) is 0 Å². The number of ether oxygens (including phenoxy) is 1. The fourth-order valence-corrected chi connectivity index (χ4v) is 5.02. The summed E-state index contributed by atoms with van der Waals surface area (Å²) in [5, 5.41) is 3.06. The second-order valence-electron chi connectivity index (χ2n) is 7.72. The van der Waals surface area contributed by atoms with Crippen LogP contribution in [0.4, 0.5) is 0 Å². The van der Waals surface area contributed by atoms with E-state index in [0.29, 0.717) is 43.8 Å². The topological polar surface area (TPSA) is 79.0 Å². The second kappa shape index (κ2) is 9.16. The number of nitrogens with zero attached hydrogens (tertiary/aromatic N) is 2. The first-order valence-electron chi connectivity index (χ1n) is 9.94. The van der Waals surface area contributed by atoms with Crippen LogP contribution >= 0.6 is 0 Å². The van der Waals surface area contributed by atoms with Crippen LogP contribution in [-0.4, -0.2) is 63.8 Å². The number of methoxy groups -OCH3 is 1. The van der Waals surface area contributed by atoms with Crippen LogP contribution in [0, 0.1) is 0 Å². The quantitative estimate of drug-likeness (QED) is 0.729. The Hall–Kier alpha value is -2.42. The summed E-state index contributed by atoms with van der Waals surface area (Å²) < 4.78 is 33.1. The highest BCUT2D eigenvalue weighted by atomic mass is 32.2. The zero-order valence-corrected chi connectivity index (χ0v) is 18.5. The number of hydrogen-bond acceptors (Lipinski definition) is 4. The third kappa shape index (κ3) is 4.50. The summed E-state index contributed by atoms with van der Waals surface area (Å²) in [7, 11) is 1.17. The van der Waals surface area contributed by atoms with E-state index in [9.17, 15) is 13.2 Å². The van der Waals surface area contributed by atoms with Crippen LogP contribution < -0.4 is 10.1 Å². The van der Waals surface area contributed by atoms with Gasteiger partial charge in [-0.25, -0.2) is 0 Å². The first-order valence-corrected chi connectivity index (χ1v) is 11.3. The predicted octanol–water partition coefficient (Wildman–Crippen LogP) is 2.27. The fourth-order valence-electron chi connectivity index (χ4n) is 3.91. The monoisotopic (exact) mass is 431 g/mol. The molecule has 8 heteroatoms. The molecular weight excluding hydrogens is 402 g/mol. The second-order valence-corrected chi connectivity index (χ2v) is 9.86. The molecule has 2 aromatic rings. The SMILES string of the molecule is COc1ccccc1C(=O)NCC1(c2ccccc2)CCN(S(=O)(=O)N(C)C)CC1. The average molecular weight is 432 g/mol. The van der Waals surface area contributed by atoms with Gasteiger partial charge in [0.15, 0.2) is 0 Å². The van der Waals surface area contributed by atoms with E-state index in [-0.39, 0.29) is 11.3 Å². The number of benzene rings is 2. The summed E-state index contributed by atoms with van der Waals surface area (Å²) >= 11 is 0. The van der Waals surface area contributed by atoms with Crippen LogP contribution in [0.15, 0.2) is 54.6 Å². The molecule has 3 rings (SSSR count). The van der Waals surface area contributed by atoms with Gasteiger partial charge >= 0.3 is 0 Å². The highest BCUT2D eigenvalue weighted by molar-refractivity contribution is 7.86. The molecule has 0 saturated carbocycles. The van der Waals surface area contributed by atoms with Gasteiger partial charge in [0.25, 0.3) is 16.1 Å². The van der Waals surface area contributed by atoms with E-state index in [1.54, 1.807) is 39.4 Å². The zero-order chi connectivity index (χ0) is 21.8. The summed E-state index contributed by atoms with van der Waals surface area (Å²) in [6.45, 7) is 1.23. The molecule has 162 valence electrons. The standard InChI is InChI=1S/C22H29N3O4S/c1-24(2)30(27,28)25-15-13-22(14-16-25,18-9-5-4-6-10-18)17-23-21(26)19-11-7-8-12-20(19)29-3/h4-12H,13-17H2,1-3H3,(H,23,26). The number of hydrogen-bond donors (Lipinski definition) is 1. The van der Waals surface area contributed by atoms with Gasteiger partial charge in [0.2, 0.25) is 0 Å². The van der Waals surface area contributed by atoms with Gasteiger partial charge in [0.1, 0.15) is 5.75 Å². The van der Waals surface area contributed by atoms with Gasteiger partial charge < -0.3 is 10.1 Å². The van der Waals surface area contributed by atoms with Crippen molar-refractivity contribution in [2.45, 2.75) is 18.3 Å². The van der Waals surface area contributed by atoms with Crippen molar-refractivity contribution in [3.63, 3.8) is 0 Å². The fraction of sp³-hybridized carbons (Fsp3) is 0.409. The Morgan fingerprint density at radius 3 is 2.27 bits per heavy atom. The lowest BCUT2D eigenvalue weighted by atomic mass is 9.73. The lowest BCUT2D eigenvalue weighted by Crippen LogP contribution is -2.52. The van der Waals surface area contributed by atoms with Crippen LogP contribution in [0.2, 0.25) is 0 Å². The van der Waals surface area contributed by atoms with Crippen molar-refractivity contribution in [2.75, 3.05) is 40.8 Å². The van der Waals surface area contributed by atoms with E-state index in [0.717, 1.165) is 5.56 Å². The Morgan fingerprint density at radius 2 is 1.67 bits per heavy atom. The van der Waals surface area contributed by atoms with E-state index in [2.05, 4.69) is 5.32 Å². The van der Waals surface area contributed by atoms with Gasteiger partial charge in [-0.2, -0.15) is 17.0 Å². The molecule has 1 amide bonds. The van der Waals surface area contributed by atoms with Crippen molar-refractivity contribution in [1.29, 1.82) is 0 Å². The number of carbonyl (C=O) groups is 1. The predicted molar refractivity (Wildman–Crippen MR) is 117 cm³/mol. The minimum Gasteiger partial charge on any atom is -0.496 e. The molecule has 1 fully saturated rings. The Kier molecular flexibility index (Phi) is 6.80. The Bertz CT molecular complexity index is 969. The van der Waals surface area contributed by atoms with E-state index in [4.69, 9.17) is 4.74 Å². The third-order valence-corrected chi connectivity index (χ3v) is 7.73. The van der Waals surface area contributed by atoms with Gasteiger partial charge in [-0.05, 0) is 30.5 Å². The third-order valence-electron chi connectivity index (χ3n) is 5.79. The van der Waals surface area contributed by atoms with Crippen molar-refractivity contribution in [1.82, 2.24) is 13.9 Å². The lowest BCUT2D eigenvalue weighted by molar-refractivity contribution is 0.0929. The van der Waals surface area contributed by atoms with Gasteiger partial charge in [0, 0.05) is 39.1 Å². The molecule has 0 radical (unpaired) electrons. The first kappa shape index (κ1) is 22.3. The van der Waals surface area contributed by atoms with Crippen molar-refractivity contribution in [3.8, 4) is 5.75 Å². The van der Waals surface area contributed by atoms with Gasteiger partial charge in [-0.1, -0.05) is 42.5 Å². The molecule has 1 aliphatic heterocycles. The number of carbonyl (C=O) groups excluding carboxylic acids is 1. The molecule has 7 nitrogen and oxygen atoms in total. The van der Waals surface area contributed by atoms with Gasteiger partial charge in [-0.3, -0.25) is 4.79 Å². The minimum absolute atomic E-state index is 0.203. The first-order chi connectivity index (χ1) is 14.3. The van der Waals surface area contributed by atoms with Crippen molar-refractivity contribution >= 4 is 16.1 Å². The van der Waals surface area contributed by atoms with E-state index >= 15 is 0 Å².